The van der Waals surface area contributed by atoms with Gasteiger partial charge in [0.1, 0.15) is 6.61 Å². The fourth-order valence-electron chi connectivity index (χ4n) is 1.35. The SMILES string of the molecule is CC(=O)c1ccc(NC(=O)CCOCC(F)F)cc1. The summed E-state index contributed by atoms with van der Waals surface area (Å²) in [5, 5.41) is 2.58. The molecule has 104 valence electrons. The van der Waals surface area contributed by atoms with Crippen LogP contribution in [0, 0.1) is 0 Å². The number of ether oxygens (including phenoxy) is 1. The first-order valence-electron chi connectivity index (χ1n) is 5.76. The summed E-state index contributed by atoms with van der Waals surface area (Å²) < 4.78 is 28.1. The van der Waals surface area contributed by atoms with Crippen LogP contribution in [-0.2, 0) is 9.53 Å². The zero-order valence-electron chi connectivity index (χ0n) is 10.5. The number of halogens is 2. The van der Waals surface area contributed by atoms with E-state index in [2.05, 4.69) is 10.1 Å². The average Bonchev–Trinajstić information content (AvgIpc) is 2.35. The summed E-state index contributed by atoms with van der Waals surface area (Å²) in [6.45, 7) is 0.732. The predicted octanol–water partition coefficient (Wildman–Crippen LogP) is 2.50. The standard InChI is InChI=1S/C13H15F2NO3/c1-9(17)10-2-4-11(5-3-10)16-13(18)6-7-19-8-12(14)15/h2-5,12H,6-8H2,1H3,(H,16,18). The van der Waals surface area contributed by atoms with Crippen molar-refractivity contribution in [3.05, 3.63) is 29.8 Å². The summed E-state index contributed by atoms with van der Waals surface area (Å²) in [6, 6.07) is 6.42. The van der Waals surface area contributed by atoms with Crippen LogP contribution in [0.1, 0.15) is 23.7 Å². The molecule has 1 aromatic carbocycles. The van der Waals surface area contributed by atoms with E-state index in [1.807, 2.05) is 0 Å². The Morgan fingerprint density at radius 1 is 1.26 bits per heavy atom. The molecule has 0 aliphatic carbocycles. The number of amides is 1. The number of alkyl halides is 2. The third-order valence-corrected chi connectivity index (χ3v) is 2.29. The van der Waals surface area contributed by atoms with Gasteiger partial charge < -0.3 is 10.1 Å². The summed E-state index contributed by atoms with van der Waals surface area (Å²) in [6.07, 6.45) is -2.52. The molecule has 0 atom stereocenters. The van der Waals surface area contributed by atoms with Gasteiger partial charge in [-0.15, -0.1) is 0 Å². The molecule has 0 fully saturated rings. The van der Waals surface area contributed by atoms with Gasteiger partial charge in [0.15, 0.2) is 5.78 Å². The van der Waals surface area contributed by atoms with Crippen LogP contribution in [-0.4, -0.2) is 31.3 Å². The van der Waals surface area contributed by atoms with E-state index in [0.29, 0.717) is 11.3 Å². The Hall–Kier alpha value is -1.82. The van der Waals surface area contributed by atoms with Crippen LogP contribution < -0.4 is 5.32 Å². The normalized spacial score (nSPS) is 10.5. The monoisotopic (exact) mass is 271 g/mol. The number of benzene rings is 1. The molecule has 6 heteroatoms. The topological polar surface area (TPSA) is 55.4 Å². The summed E-state index contributed by atoms with van der Waals surface area (Å²) in [4.78, 5) is 22.5. The summed E-state index contributed by atoms with van der Waals surface area (Å²) in [5.41, 5.74) is 1.10. The molecular formula is C13H15F2NO3. The maximum absolute atomic E-state index is 11.8. The van der Waals surface area contributed by atoms with Gasteiger partial charge >= 0.3 is 0 Å². The second-order valence-corrected chi connectivity index (χ2v) is 3.90. The molecule has 4 nitrogen and oxygen atoms in total. The van der Waals surface area contributed by atoms with E-state index in [-0.39, 0.29) is 24.7 Å². The van der Waals surface area contributed by atoms with Crippen molar-refractivity contribution in [3.63, 3.8) is 0 Å². The van der Waals surface area contributed by atoms with Crippen molar-refractivity contribution in [1.29, 1.82) is 0 Å². The molecule has 0 bridgehead atoms. The zero-order valence-corrected chi connectivity index (χ0v) is 10.5. The predicted molar refractivity (Wildman–Crippen MR) is 66.5 cm³/mol. The second kappa shape index (κ2) is 7.58. The van der Waals surface area contributed by atoms with E-state index >= 15 is 0 Å². The first-order valence-corrected chi connectivity index (χ1v) is 5.76. The van der Waals surface area contributed by atoms with Crippen molar-refractivity contribution in [2.24, 2.45) is 0 Å². The highest BCUT2D eigenvalue weighted by Gasteiger charge is 2.06. The minimum Gasteiger partial charge on any atom is -0.375 e. The average molecular weight is 271 g/mol. The van der Waals surface area contributed by atoms with Gasteiger partial charge in [0, 0.05) is 11.3 Å². The molecule has 0 aliphatic rings. The van der Waals surface area contributed by atoms with E-state index in [4.69, 9.17) is 0 Å². The highest BCUT2D eigenvalue weighted by Crippen LogP contribution is 2.10. The molecule has 0 unspecified atom stereocenters. The molecule has 1 aromatic rings. The molecule has 0 spiro atoms. The minimum atomic E-state index is -2.53. The first kappa shape index (κ1) is 15.2. The number of ketones is 1. The molecule has 0 saturated carbocycles. The van der Waals surface area contributed by atoms with Gasteiger partial charge in [-0.2, -0.15) is 0 Å². The Balaban J connectivity index is 2.34. The van der Waals surface area contributed by atoms with Gasteiger partial charge in [0.25, 0.3) is 6.43 Å². The number of hydrogen-bond donors (Lipinski definition) is 1. The Morgan fingerprint density at radius 3 is 2.42 bits per heavy atom. The van der Waals surface area contributed by atoms with Crippen molar-refractivity contribution in [2.45, 2.75) is 19.8 Å². The van der Waals surface area contributed by atoms with Gasteiger partial charge in [0.05, 0.1) is 13.0 Å². The number of nitrogens with one attached hydrogen (secondary N) is 1. The second-order valence-electron chi connectivity index (χ2n) is 3.90. The van der Waals surface area contributed by atoms with Crippen LogP contribution in [0.5, 0.6) is 0 Å². The lowest BCUT2D eigenvalue weighted by Crippen LogP contribution is -2.15. The maximum atomic E-state index is 11.8. The van der Waals surface area contributed by atoms with Crippen molar-refractivity contribution in [3.8, 4) is 0 Å². The minimum absolute atomic E-state index is 0.00117. The lowest BCUT2D eigenvalue weighted by molar-refractivity contribution is -0.117. The van der Waals surface area contributed by atoms with Crippen molar-refractivity contribution < 1.29 is 23.1 Å². The van der Waals surface area contributed by atoms with E-state index in [1.165, 1.54) is 6.92 Å². The van der Waals surface area contributed by atoms with Crippen LogP contribution in [0.3, 0.4) is 0 Å². The van der Waals surface area contributed by atoms with Crippen molar-refractivity contribution in [1.82, 2.24) is 0 Å². The lowest BCUT2D eigenvalue weighted by Gasteiger charge is -2.06. The van der Waals surface area contributed by atoms with Gasteiger partial charge in [-0.1, -0.05) is 0 Å². The fourth-order valence-corrected chi connectivity index (χ4v) is 1.35. The molecule has 0 radical (unpaired) electrons. The Labute approximate surface area is 109 Å². The number of carbonyl (C=O) groups is 2. The first-order chi connectivity index (χ1) is 8.99. The lowest BCUT2D eigenvalue weighted by atomic mass is 10.1. The number of hydrogen-bond acceptors (Lipinski definition) is 3. The number of carbonyl (C=O) groups excluding carboxylic acids is 2. The molecule has 0 aliphatic heterocycles. The molecule has 1 rings (SSSR count). The van der Waals surface area contributed by atoms with Gasteiger partial charge in [0.2, 0.25) is 5.91 Å². The third-order valence-electron chi connectivity index (χ3n) is 2.29. The number of rotatable bonds is 7. The maximum Gasteiger partial charge on any atom is 0.261 e. The highest BCUT2D eigenvalue weighted by atomic mass is 19.3. The molecule has 0 saturated heterocycles. The van der Waals surface area contributed by atoms with Crippen LogP contribution in [0.15, 0.2) is 24.3 Å². The summed E-state index contributed by atoms with van der Waals surface area (Å²) >= 11 is 0. The van der Waals surface area contributed by atoms with E-state index in [1.54, 1.807) is 24.3 Å². The van der Waals surface area contributed by atoms with Crippen molar-refractivity contribution in [2.75, 3.05) is 18.5 Å². The smallest absolute Gasteiger partial charge is 0.261 e. The van der Waals surface area contributed by atoms with Gasteiger partial charge in [-0.25, -0.2) is 8.78 Å². The summed E-state index contributed by atoms with van der Waals surface area (Å²) in [5.74, 6) is -0.386. The van der Waals surface area contributed by atoms with Gasteiger partial charge in [-0.3, -0.25) is 9.59 Å². The fraction of sp³-hybridized carbons (Fsp3) is 0.385. The molecule has 0 heterocycles. The summed E-state index contributed by atoms with van der Waals surface area (Å²) in [7, 11) is 0. The highest BCUT2D eigenvalue weighted by molar-refractivity contribution is 5.95. The molecule has 19 heavy (non-hydrogen) atoms. The van der Waals surface area contributed by atoms with E-state index in [0.717, 1.165) is 0 Å². The molecule has 0 aromatic heterocycles. The van der Waals surface area contributed by atoms with Gasteiger partial charge in [-0.05, 0) is 31.2 Å². The Bertz CT molecular complexity index is 432. The Kier molecular flexibility index (Phi) is 6.08. The van der Waals surface area contributed by atoms with Crippen molar-refractivity contribution >= 4 is 17.4 Å². The molecule has 1 amide bonds. The van der Waals surface area contributed by atoms with E-state index in [9.17, 15) is 18.4 Å². The number of anilines is 1. The quantitative estimate of drug-likeness (QED) is 0.612. The van der Waals surface area contributed by atoms with Crippen LogP contribution in [0.4, 0.5) is 14.5 Å². The number of Topliss-reactive ketones (excluding diaryl/α,β-unsaturated/α-hetero) is 1. The zero-order chi connectivity index (χ0) is 14.3. The molecular weight excluding hydrogens is 256 g/mol. The van der Waals surface area contributed by atoms with Crippen LogP contribution in [0.2, 0.25) is 0 Å². The largest absolute Gasteiger partial charge is 0.375 e. The van der Waals surface area contributed by atoms with Crippen LogP contribution >= 0.6 is 0 Å². The van der Waals surface area contributed by atoms with Crippen LogP contribution in [0.25, 0.3) is 0 Å². The van der Waals surface area contributed by atoms with E-state index < -0.39 is 13.0 Å². The Morgan fingerprint density at radius 2 is 1.89 bits per heavy atom. The third kappa shape index (κ3) is 6.05. The molecule has 1 N–H and O–H groups in total.